The Hall–Kier alpha value is -2.33. The first-order valence-electron chi connectivity index (χ1n) is 8.14. The normalized spacial score (nSPS) is 12.6. The molecule has 0 atom stereocenters. The van der Waals surface area contributed by atoms with Gasteiger partial charge in [0.1, 0.15) is 6.54 Å². The highest BCUT2D eigenvalue weighted by Gasteiger charge is 2.30. The van der Waals surface area contributed by atoms with E-state index in [-0.39, 0.29) is 0 Å². The lowest BCUT2D eigenvalue weighted by atomic mass is 9.94. The minimum Gasteiger partial charge on any atom is -0.327 e. The Balaban J connectivity index is 2.10. The molecule has 0 bridgehead atoms. The maximum Gasteiger partial charge on any atom is 0.416 e. The number of nitrogens with zero attached hydrogens (tertiary/aromatic N) is 1. The van der Waals surface area contributed by atoms with Crippen LogP contribution in [0.25, 0.3) is 21.9 Å². The summed E-state index contributed by atoms with van der Waals surface area (Å²) >= 11 is 0. The molecule has 3 aromatic rings. The maximum absolute atomic E-state index is 12.8. The van der Waals surface area contributed by atoms with Crippen LogP contribution < -0.4 is 0 Å². The van der Waals surface area contributed by atoms with E-state index in [1.807, 2.05) is 24.3 Å². The van der Waals surface area contributed by atoms with Crippen LogP contribution in [0.15, 0.2) is 60.7 Å². The highest BCUT2D eigenvalue weighted by Crippen LogP contribution is 2.34. The number of quaternary nitrogens is 1. The van der Waals surface area contributed by atoms with Crippen molar-refractivity contribution in [3.8, 4) is 11.1 Å². The third-order valence-electron chi connectivity index (χ3n) is 4.18. The van der Waals surface area contributed by atoms with Crippen molar-refractivity contribution in [2.24, 2.45) is 0 Å². The molecule has 0 heterocycles. The van der Waals surface area contributed by atoms with E-state index in [0.29, 0.717) is 0 Å². The Morgan fingerprint density at radius 1 is 0.760 bits per heavy atom. The average molecular weight is 344 g/mol. The van der Waals surface area contributed by atoms with E-state index in [1.165, 1.54) is 5.56 Å². The van der Waals surface area contributed by atoms with Crippen LogP contribution in [0.5, 0.6) is 0 Å². The lowest BCUT2D eigenvalue weighted by Gasteiger charge is -2.25. The Kier molecular flexibility index (Phi) is 4.33. The summed E-state index contributed by atoms with van der Waals surface area (Å²) in [6.45, 7) is 0.883. The topological polar surface area (TPSA) is 0 Å². The highest BCUT2D eigenvalue weighted by atomic mass is 19.4. The minimum atomic E-state index is -4.31. The fourth-order valence-corrected chi connectivity index (χ4v) is 3.10. The van der Waals surface area contributed by atoms with Crippen LogP contribution in [0.3, 0.4) is 0 Å². The summed E-state index contributed by atoms with van der Waals surface area (Å²) in [5.41, 5.74) is 2.36. The molecule has 1 nitrogen and oxygen atoms in total. The number of rotatable bonds is 3. The molecule has 0 saturated heterocycles. The molecule has 0 radical (unpaired) electrons. The van der Waals surface area contributed by atoms with Crippen molar-refractivity contribution in [1.29, 1.82) is 0 Å². The number of hydrogen-bond donors (Lipinski definition) is 0. The number of fused-ring (bicyclic) bond motifs is 1. The molecule has 0 aliphatic heterocycles. The second-order valence-corrected chi connectivity index (χ2v) is 7.34. The van der Waals surface area contributed by atoms with Crippen molar-refractivity contribution in [1.82, 2.24) is 0 Å². The van der Waals surface area contributed by atoms with Crippen LogP contribution >= 0.6 is 0 Å². The van der Waals surface area contributed by atoms with E-state index < -0.39 is 11.7 Å². The molecule has 3 rings (SSSR count). The zero-order chi connectivity index (χ0) is 18.2. The minimum absolute atomic E-state index is 0.623. The molecule has 0 spiro atoms. The van der Waals surface area contributed by atoms with Crippen LogP contribution in [0.4, 0.5) is 13.2 Å². The highest BCUT2D eigenvalue weighted by molar-refractivity contribution is 5.98. The van der Waals surface area contributed by atoms with Crippen molar-refractivity contribution < 1.29 is 17.7 Å². The van der Waals surface area contributed by atoms with Crippen molar-refractivity contribution in [3.05, 3.63) is 71.8 Å². The second kappa shape index (κ2) is 6.19. The van der Waals surface area contributed by atoms with E-state index >= 15 is 0 Å². The lowest BCUT2D eigenvalue weighted by Crippen LogP contribution is -2.33. The quantitative estimate of drug-likeness (QED) is 0.532. The van der Waals surface area contributed by atoms with Crippen molar-refractivity contribution in [3.63, 3.8) is 0 Å². The zero-order valence-corrected chi connectivity index (χ0v) is 14.6. The van der Waals surface area contributed by atoms with Gasteiger partial charge in [-0.2, -0.15) is 13.2 Å². The summed E-state index contributed by atoms with van der Waals surface area (Å²) in [7, 11) is 6.41. The Labute approximate surface area is 145 Å². The molecular formula is C21H21F3N+. The maximum atomic E-state index is 12.8. The van der Waals surface area contributed by atoms with Crippen LogP contribution in [0.1, 0.15) is 11.1 Å². The van der Waals surface area contributed by atoms with Crippen molar-refractivity contribution in [2.75, 3.05) is 21.1 Å². The van der Waals surface area contributed by atoms with E-state index in [1.54, 1.807) is 12.1 Å². The van der Waals surface area contributed by atoms with Crippen LogP contribution in [0.2, 0.25) is 0 Å². The smallest absolute Gasteiger partial charge is 0.327 e. The van der Waals surface area contributed by atoms with Gasteiger partial charge in [-0.1, -0.05) is 48.5 Å². The Bertz CT molecular complexity index is 888. The van der Waals surface area contributed by atoms with Gasteiger partial charge in [0.25, 0.3) is 0 Å². The zero-order valence-electron chi connectivity index (χ0n) is 14.6. The number of hydrogen-bond acceptors (Lipinski definition) is 0. The van der Waals surface area contributed by atoms with E-state index in [9.17, 15) is 13.2 Å². The molecule has 0 unspecified atom stereocenters. The summed E-state index contributed by atoms with van der Waals surface area (Å²) in [6, 6.07) is 17.5. The first-order valence-corrected chi connectivity index (χ1v) is 8.14. The second-order valence-electron chi connectivity index (χ2n) is 7.34. The number of halogens is 3. The molecule has 0 aliphatic carbocycles. The van der Waals surface area contributed by atoms with Crippen molar-refractivity contribution in [2.45, 2.75) is 12.7 Å². The lowest BCUT2D eigenvalue weighted by molar-refractivity contribution is -0.883. The molecule has 0 amide bonds. The SMILES string of the molecule is C[N+](C)(C)Cc1ccc(-c2ccc(C(F)(F)F)cc2)c2ccccc12. The van der Waals surface area contributed by atoms with Gasteiger partial charge >= 0.3 is 6.18 Å². The standard InChI is InChI=1S/C21H21F3N/c1-25(2,3)14-16-10-13-19(20-7-5-4-6-18(16)20)15-8-11-17(12-9-15)21(22,23)24/h4-13H,14H2,1-3H3/q+1. The van der Waals surface area contributed by atoms with Gasteiger partial charge in [-0.05, 0) is 34.0 Å². The van der Waals surface area contributed by atoms with Crippen LogP contribution in [-0.2, 0) is 12.7 Å². The summed E-state index contributed by atoms with van der Waals surface area (Å²) in [6.07, 6.45) is -4.31. The fraction of sp³-hybridized carbons (Fsp3) is 0.238. The van der Waals surface area contributed by atoms with Gasteiger partial charge in [0.05, 0.1) is 26.7 Å². The first kappa shape index (κ1) is 17.5. The van der Waals surface area contributed by atoms with Gasteiger partial charge in [0, 0.05) is 5.56 Å². The van der Waals surface area contributed by atoms with Gasteiger partial charge in [-0.3, -0.25) is 0 Å². The molecule has 4 heteroatoms. The summed E-state index contributed by atoms with van der Waals surface area (Å²) in [4.78, 5) is 0. The first-order chi connectivity index (χ1) is 11.6. The largest absolute Gasteiger partial charge is 0.416 e. The molecule has 130 valence electrons. The van der Waals surface area contributed by atoms with Gasteiger partial charge in [0.2, 0.25) is 0 Å². The molecule has 0 fully saturated rings. The fourth-order valence-electron chi connectivity index (χ4n) is 3.10. The van der Waals surface area contributed by atoms with E-state index in [2.05, 4.69) is 33.3 Å². The van der Waals surface area contributed by atoms with Gasteiger partial charge < -0.3 is 4.48 Å². The molecule has 0 N–H and O–H groups in total. The summed E-state index contributed by atoms with van der Waals surface area (Å²) in [5, 5.41) is 2.21. The number of benzene rings is 3. The molecule has 0 aliphatic rings. The molecular weight excluding hydrogens is 323 g/mol. The monoisotopic (exact) mass is 344 g/mol. The summed E-state index contributed by atoms with van der Waals surface area (Å²) < 4.78 is 39.2. The molecule has 0 saturated carbocycles. The Morgan fingerprint density at radius 3 is 1.92 bits per heavy atom. The molecule has 3 aromatic carbocycles. The van der Waals surface area contributed by atoms with E-state index in [0.717, 1.165) is 45.1 Å². The number of alkyl halides is 3. The third-order valence-corrected chi connectivity index (χ3v) is 4.18. The van der Waals surface area contributed by atoms with E-state index in [4.69, 9.17) is 0 Å². The third kappa shape index (κ3) is 3.85. The van der Waals surface area contributed by atoms with Crippen molar-refractivity contribution >= 4 is 10.8 Å². The molecule has 25 heavy (non-hydrogen) atoms. The predicted octanol–water partition coefficient (Wildman–Crippen LogP) is 5.73. The average Bonchev–Trinajstić information content (AvgIpc) is 2.53. The Morgan fingerprint density at radius 2 is 1.36 bits per heavy atom. The summed E-state index contributed by atoms with van der Waals surface area (Å²) in [5.74, 6) is 0. The van der Waals surface area contributed by atoms with Crippen LogP contribution in [-0.4, -0.2) is 25.6 Å². The van der Waals surface area contributed by atoms with Crippen LogP contribution in [0, 0.1) is 0 Å². The van der Waals surface area contributed by atoms with Gasteiger partial charge in [-0.25, -0.2) is 0 Å². The molecule has 0 aromatic heterocycles. The predicted molar refractivity (Wildman–Crippen MR) is 96.1 cm³/mol. The van der Waals surface area contributed by atoms with Gasteiger partial charge in [-0.15, -0.1) is 0 Å². The van der Waals surface area contributed by atoms with Gasteiger partial charge in [0.15, 0.2) is 0 Å².